The van der Waals surface area contributed by atoms with Crippen LogP contribution < -0.4 is 5.32 Å². The van der Waals surface area contributed by atoms with Crippen LogP contribution in [-0.4, -0.2) is 44.2 Å². The summed E-state index contributed by atoms with van der Waals surface area (Å²) in [7, 11) is 2.03. The number of hydrogen-bond acceptors (Lipinski definition) is 5. The Bertz CT molecular complexity index is 854. The minimum Gasteiger partial charge on any atom is -0.357 e. The molecule has 0 aliphatic carbocycles. The van der Waals surface area contributed by atoms with Crippen molar-refractivity contribution in [3.05, 3.63) is 58.4 Å². The van der Waals surface area contributed by atoms with Crippen LogP contribution in [0.25, 0.3) is 5.82 Å². The van der Waals surface area contributed by atoms with Gasteiger partial charge in [-0.15, -0.1) is 11.3 Å². The molecule has 0 aromatic carbocycles. The van der Waals surface area contributed by atoms with E-state index in [-0.39, 0.29) is 0 Å². The van der Waals surface area contributed by atoms with E-state index in [9.17, 15) is 0 Å². The Morgan fingerprint density at radius 2 is 2.27 bits per heavy atom. The first kappa shape index (κ1) is 18.1. The SMILES string of the molecule is CCNC(=NCc1ccnc(-n2cccn2)c1)N(C)Cc1csc(C)n1. The summed E-state index contributed by atoms with van der Waals surface area (Å²) in [6, 6.07) is 5.86. The molecule has 1 N–H and O–H groups in total. The number of aryl methyl sites for hydroxylation is 1. The van der Waals surface area contributed by atoms with Gasteiger partial charge in [0.05, 0.1) is 23.8 Å². The minimum atomic E-state index is 0.569. The number of aromatic nitrogens is 4. The summed E-state index contributed by atoms with van der Waals surface area (Å²) in [5.41, 5.74) is 2.14. The lowest BCUT2D eigenvalue weighted by atomic mass is 10.2. The number of hydrogen-bond donors (Lipinski definition) is 1. The van der Waals surface area contributed by atoms with E-state index < -0.39 is 0 Å². The van der Waals surface area contributed by atoms with Gasteiger partial charge in [-0.2, -0.15) is 5.10 Å². The standard InChI is InChI=1S/C18H23N7S/c1-4-19-18(24(3)12-16-13-26-14(2)23-16)21-11-15-6-8-20-17(10-15)25-9-5-7-22-25/h5-10,13H,4,11-12H2,1-3H3,(H,19,21). The first-order chi connectivity index (χ1) is 12.7. The van der Waals surface area contributed by atoms with Crippen LogP contribution in [0.4, 0.5) is 0 Å². The molecule has 0 amide bonds. The monoisotopic (exact) mass is 369 g/mol. The molecule has 0 saturated heterocycles. The highest BCUT2D eigenvalue weighted by Gasteiger charge is 2.09. The maximum atomic E-state index is 4.76. The number of guanidine groups is 1. The van der Waals surface area contributed by atoms with E-state index in [1.807, 2.05) is 38.4 Å². The number of rotatable bonds is 6. The minimum absolute atomic E-state index is 0.569. The van der Waals surface area contributed by atoms with E-state index in [2.05, 4.69) is 37.6 Å². The Balaban J connectivity index is 1.71. The largest absolute Gasteiger partial charge is 0.357 e. The zero-order valence-electron chi connectivity index (χ0n) is 15.3. The molecule has 3 heterocycles. The maximum absolute atomic E-state index is 4.76. The summed E-state index contributed by atoms with van der Waals surface area (Å²) in [5, 5.41) is 10.7. The molecule has 0 unspecified atom stereocenters. The molecule has 0 bridgehead atoms. The van der Waals surface area contributed by atoms with Gasteiger partial charge in [0.15, 0.2) is 11.8 Å². The molecule has 136 valence electrons. The third-order valence-corrected chi connectivity index (χ3v) is 4.54. The van der Waals surface area contributed by atoms with Gasteiger partial charge in [-0.3, -0.25) is 0 Å². The molecule has 0 radical (unpaired) electrons. The summed E-state index contributed by atoms with van der Waals surface area (Å²) < 4.78 is 1.75. The van der Waals surface area contributed by atoms with Gasteiger partial charge in [-0.25, -0.2) is 19.6 Å². The van der Waals surface area contributed by atoms with Gasteiger partial charge in [-0.05, 0) is 37.6 Å². The molecular weight excluding hydrogens is 346 g/mol. The second kappa shape index (κ2) is 8.57. The number of nitrogens with one attached hydrogen (secondary N) is 1. The molecule has 3 aromatic rings. The Hall–Kier alpha value is -2.74. The van der Waals surface area contributed by atoms with Crippen molar-refractivity contribution in [3.8, 4) is 5.82 Å². The van der Waals surface area contributed by atoms with Gasteiger partial charge in [0.25, 0.3) is 0 Å². The van der Waals surface area contributed by atoms with Crippen LogP contribution in [0.5, 0.6) is 0 Å². The smallest absolute Gasteiger partial charge is 0.194 e. The molecule has 0 saturated carbocycles. The van der Waals surface area contributed by atoms with Gasteiger partial charge in [0.2, 0.25) is 0 Å². The van der Waals surface area contributed by atoms with Crippen molar-refractivity contribution in [2.24, 2.45) is 4.99 Å². The summed E-state index contributed by atoms with van der Waals surface area (Å²) in [6.45, 7) is 6.20. The van der Waals surface area contributed by atoms with E-state index in [0.29, 0.717) is 6.54 Å². The van der Waals surface area contributed by atoms with Crippen LogP contribution >= 0.6 is 11.3 Å². The van der Waals surface area contributed by atoms with Crippen LogP contribution in [0.2, 0.25) is 0 Å². The van der Waals surface area contributed by atoms with Crippen LogP contribution in [0, 0.1) is 6.92 Å². The molecule has 0 aliphatic rings. The van der Waals surface area contributed by atoms with Crippen molar-refractivity contribution in [2.45, 2.75) is 26.9 Å². The maximum Gasteiger partial charge on any atom is 0.194 e. The number of aliphatic imine (C=N–C) groups is 1. The molecule has 8 heteroatoms. The molecule has 3 rings (SSSR count). The van der Waals surface area contributed by atoms with E-state index in [4.69, 9.17) is 4.99 Å². The first-order valence-electron chi connectivity index (χ1n) is 8.51. The zero-order valence-corrected chi connectivity index (χ0v) is 16.1. The molecule has 0 aliphatic heterocycles. The second-order valence-corrected chi connectivity index (χ2v) is 6.92. The summed E-state index contributed by atoms with van der Waals surface area (Å²) >= 11 is 1.67. The Morgan fingerprint density at radius 3 is 2.96 bits per heavy atom. The average Bonchev–Trinajstić information content (AvgIpc) is 3.31. The van der Waals surface area contributed by atoms with Crippen LogP contribution in [0.3, 0.4) is 0 Å². The van der Waals surface area contributed by atoms with Crippen LogP contribution in [0.1, 0.15) is 23.2 Å². The third-order valence-electron chi connectivity index (χ3n) is 3.72. The predicted molar refractivity (Wildman–Crippen MR) is 104 cm³/mol. The first-order valence-corrected chi connectivity index (χ1v) is 9.39. The fourth-order valence-corrected chi connectivity index (χ4v) is 3.13. The molecule has 26 heavy (non-hydrogen) atoms. The van der Waals surface area contributed by atoms with Crippen molar-refractivity contribution >= 4 is 17.3 Å². The van der Waals surface area contributed by atoms with Gasteiger partial charge >= 0.3 is 0 Å². The van der Waals surface area contributed by atoms with Crippen molar-refractivity contribution in [3.63, 3.8) is 0 Å². The average molecular weight is 369 g/mol. The quantitative estimate of drug-likeness (QED) is 0.534. The van der Waals surface area contributed by atoms with E-state index in [1.165, 1.54) is 0 Å². The molecule has 7 nitrogen and oxygen atoms in total. The summed E-state index contributed by atoms with van der Waals surface area (Å²) in [4.78, 5) is 15.7. The molecule has 0 spiro atoms. The molecule has 0 atom stereocenters. The highest BCUT2D eigenvalue weighted by molar-refractivity contribution is 7.09. The van der Waals surface area contributed by atoms with Crippen molar-refractivity contribution in [2.75, 3.05) is 13.6 Å². The lowest BCUT2D eigenvalue weighted by molar-refractivity contribution is 0.471. The van der Waals surface area contributed by atoms with E-state index in [1.54, 1.807) is 28.4 Å². The van der Waals surface area contributed by atoms with Crippen molar-refractivity contribution < 1.29 is 0 Å². The normalized spacial score (nSPS) is 11.6. The topological polar surface area (TPSA) is 71.2 Å². The van der Waals surface area contributed by atoms with Gasteiger partial charge in [0.1, 0.15) is 0 Å². The van der Waals surface area contributed by atoms with Crippen molar-refractivity contribution in [1.82, 2.24) is 30.0 Å². The summed E-state index contributed by atoms with van der Waals surface area (Å²) in [5.74, 6) is 1.65. The Kier molecular flexibility index (Phi) is 5.96. The van der Waals surface area contributed by atoms with E-state index in [0.717, 1.165) is 41.1 Å². The van der Waals surface area contributed by atoms with Crippen LogP contribution in [0.15, 0.2) is 47.2 Å². The number of pyridine rings is 1. The lowest BCUT2D eigenvalue weighted by Crippen LogP contribution is -2.38. The Morgan fingerprint density at radius 1 is 1.38 bits per heavy atom. The predicted octanol–water partition coefficient (Wildman–Crippen LogP) is 2.63. The number of nitrogens with zero attached hydrogens (tertiary/aromatic N) is 6. The highest BCUT2D eigenvalue weighted by atomic mass is 32.1. The van der Waals surface area contributed by atoms with Crippen LogP contribution in [-0.2, 0) is 13.1 Å². The number of thiazole rings is 1. The fraction of sp³-hybridized carbons (Fsp3) is 0.333. The van der Waals surface area contributed by atoms with E-state index >= 15 is 0 Å². The van der Waals surface area contributed by atoms with Gasteiger partial charge < -0.3 is 10.2 Å². The molecular formula is C18H23N7S. The zero-order chi connectivity index (χ0) is 18.4. The van der Waals surface area contributed by atoms with Crippen molar-refractivity contribution in [1.29, 1.82) is 0 Å². The second-order valence-electron chi connectivity index (χ2n) is 5.86. The molecule has 3 aromatic heterocycles. The fourth-order valence-electron chi connectivity index (χ4n) is 2.52. The molecule has 0 fully saturated rings. The summed E-state index contributed by atoms with van der Waals surface area (Å²) in [6.07, 6.45) is 5.41. The highest BCUT2D eigenvalue weighted by Crippen LogP contribution is 2.11. The van der Waals surface area contributed by atoms with Gasteiger partial charge in [-0.1, -0.05) is 0 Å². The third kappa shape index (κ3) is 4.66. The van der Waals surface area contributed by atoms with Gasteiger partial charge in [0, 0.05) is 37.6 Å². The Labute approximate surface area is 157 Å². The lowest BCUT2D eigenvalue weighted by Gasteiger charge is -2.21.